The zero-order valence-corrected chi connectivity index (χ0v) is 22.4. The Balaban J connectivity index is 3.59. The molecule has 0 saturated carbocycles. The van der Waals surface area contributed by atoms with Gasteiger partial charge in [0.15, 0.2) is 0 Å². The Kier molecular flexibility index (Phi) is 26.1. The van der Waals surface area contributed by atoms with E-state index in [2.05, 4.69) is 74.0 Å². The second-order valence-corrected chi connectivity index (χ2v) is 14.0. The van der Waals surface area contributed by atoms with Gasteiger partial charge in [-0.15, -0.1) is 0 Å². The van der Waals surface area contributed by atoms with Crippen molar-refractivity contribution < 1.29 is 0 Å². The number of hydrogen-bond acceptors (Lipinski definition) is 10. The molecule has 2 atom stereocenters. The van der Waals surface area contributed by atoms with Crippen LogP contribution in [0.1, 0.15) is 0 Å². The summed E-state index contributed by atoms with van der Waals surface area (Å²) in [4.78, 5) is 0. The fourth-order valence-electron chi connectivity index (χ4n) is 1.44. The average Bonchev–Trinajstić information content (AvgIpc) is 2.61. The summed E-state index contributed by atoms with van der Waals surface area (Å²) in [5.74, 6) is 13.5. The third-order valence-corrected chi connectivity index (χ3v) is 13.0. The second-order valence-electron chi connectivity index (χ2n) is 4.59. The minimum atomic E-state index is 0.669. The van der Waals surface area contributed by atoms with E-state index >= 15 is 0 Å². The van der Waals surface area contributed by atoms with Crippen LogP contribution >= 0.6 is 119 Å². The van der Waals surface area contributed by atoms with E-state index in [4.69, 9.17) is 0 Å². The zero-order valence-electron chi connectivity index (χ0n) is 13.9. The summed E-state index contributed by atoms with van der Waals surface area (Å²) >= 11 is 25.6. The van der Waals surface area contributed by atoms with Crippen LogP contribution in [0.2, 0.25) is 0 Å². The lowest BCUT2D eigenvalue weighted by atomic mass is 10.5. The van der Waals surface area contributed by atoms with Crippen molar-refractivity contribution in [2.24, 2.45) is 0 Å². The molecule has 0 bridgehead atoms. The van der Waals surface area contributed by atoms with Crippen LogP contribution in [0.3, 0.4) is 0 Å². The molecule has 0 rings (SSSR count). The molecule has 0 aromatic carbocycles. The van der Waals surface area contributed by atoms with Crippen molar-refractivity contribution in [2.45, 2.75) is 10.5 Å². The number of rotatable bonds is 19. The van der Waals surface area contributed by atoms with Crippen molar-refractivity contribution in [3.8, 4) is 0 Å². The van der Waals surface area contributed by atoms with E-state index in [1.165, 1.54) is 34.5 Å². The minimum Gasteiger partial charge on any atom is -0.179 e. The molecular formula is C14H30S10. The van der Waals surface area contributed by atoms with Crippen LogP contribution < -0.4 is 0 Å². The van der Waals surface area contributed by atoms with E-state index in [9.17, 15) is 0 Å². The molecule has 0 N–H and O–H groups in total. The summed E-state index contributed by atoms with van der Waals surface area (Å²) in [6, 6.07) is 0. The first kappa shape index (κ1) is 27.5. The predicted molar refractivity (Wildman–Crippen MR) is 147 cm³/mol. The second kappa shape index (κ2) is 22.8. The van der Waals surface area contributed by atoms with Crippen molar-refractivity contribution >= 4 is 119 Å². The fourth-order valence-corrected chi connectivity index (χ4v) is 10.7. The zero-order chi connectivity index (χ0) is 17.9. The number of hydrogen-bond donors (Lipinski definition) is 4. The lowest BCUT2D eigenvalue weighted by Gasteiger charge is -2.15. The Labute approximate surface area is 196 Å². The Hall–Kier alpha value is 3.50. The standard InChI is InChI=1S/C14H30S10/c15-1-3-19-5-7-21-13(9-17)11-23-24-12-14(10-18)22-8-6-20-4-2-16/h13-18H,1-12H2. The SMILES string of the molecule is SCCSCCSC(CS)CSSCC(CS)SCCSCCS. The molecule has 0 saturated heterocycles. The van der Waals surface area contributed by atoms with Crippen LogP contribution in [0.15, 0.2) is 0 Å². The van der Waals surface area contributed by atoms with Gasteiger partial charge in [0.2, 0.25) is 0 Å². The summed E-state index contributed by atoms with van der Waals surface area (Å²) in [5, 5.41) is 1.34. The molecule has 2 unspecified atom stereocenters. The molecule has 0 spiro atoms. The first-order chi connectivity index (χ1) is 11.8. The van der Waals surface area contributed by atoms with Gasteiger partial charge in [0.25, 0.3) is 0 Å². The highest BCUT2D eigenvalue weighted by Gasteiger charge is 2.11. The van der Waals surface area contributed by atoms with Crippen LogP contribution in [-0.2, 0) is 0 Å². The van der Waals surface area contributed by atoms with Crippen molar-refractivity contribution in [3.05, 3.63) is 0 Å². The van der Waals surface area contributed by atoms with Gasteiger partial charge in [0.1, 0.15) is 0 Å². The molecule has 0 heterocycles. The first-order valence-corrected chi connectivity index (χ1v) is 17.3. The van der Waals surface area contributed by atoms with Gasteiger partial charge in [-0.1, -0.05) is 21.6 Å². The Morgan fingerprint density at radius 2 is 0.958 bits per heavy atom. The third kappa shape index (κ3) is 18.8. The van der Waals surface area contributed by atoms with Gasteiger partial charge in [-0.05, 0) is 11.5 Å². The molecular weight excluding hydrogens is 489 g/mol. The van der Waals surface area contributed by atoms with Gasteiger partial charge >= 0.3 is 0 Å². The first-order valence-electron chi connectivity index (χ1n) is 7.85. The molecule has 0 aliphatic heterocycles. The van der Waals surface area contributed by atoms with Gasteiger partial charge in [-0.3, -0.25) is 0 Å². The Bertz CT molecular complexity index is 220. The summed E-state index contributed by atoms with van der Waals surface area (Å²) in [7, 11) is 4.02. The summed E-state index contributed by atoms with van der Waals surface area (Å²) in [6.07, 6.45) is 0. The highest BCUT2D eigenvalue weighted by atomic mass is 33.1. The molecule has 24 heavy (non-hydrogen) atoms. The number of thioether (sulfide) groups is 4. The van der Waals surface area contributed by atoms with Crippen molar-refractivity contribution in [3.63, 3.8) is 0 Å². The maximum Gasteiger partial charge on any atom is 0.0234 e. The molecule has 0 radical (unpaired) electrons. The molecule has 0 aliphatic carbocycles. The molecule has 0 nitrogen and oxygen atoms in total. The molecule has 146 valence electrons. The van der Waals surface area contributed by atoms with E-state index < -0.39 is 0 Å². The minimum absolute atomic E-state index is 0.669. The van der Waals surface area contributed by atoms with Gasteiger partial charge in [-0.2, -0.15) is 97.6 Å². The van der Waals surface area contributed by atoms with Crippen LogP contribution in [0.4, 0.5) is 0 Å². The topological polar surface area (TPSA) is 0 Å². The maximum absolute atomic E-state index is 4.51. The molecule has 0 aromatic rings. The lowest BCUT2D eigenvalue weighted by molar-refractivity contribution is 1.15. The fraction of sp³-hybridized carbons (Fsp3) is 1.00. The lowest BCUT2D eigenvalue weighted by Crippen LogP contribution is -2.11. The molecule has 0 fully saturated rings. The quantitative estimate of drug-likeness (QED) is 0.0968. The van der Waals surface area contributed by atoms with Gasteiger partial charge in [-0.25, -0.2) is 0 Å². The normalized spacial score (nSPS) is 14.0. The highest BCUT2D eigenvalue weighted by molar-refractivity contribution is 8.76. The molecule has 0 amide bonds. The van der Waals surface area contributed by atoms with Crippen molar-refractivity contribution in [1.82, 2.24) is 0 Å². The third-order valence-electron chi connectivity index (χ3n) is 2.63. The van der Waals surface area contributed by atoms with E-state index in [-0.39, 0.29) is 0 Å². The van der Waals surface area contributed by atoms with E-state index in [0.29, 0.717) is 10.5 Å². The smallest absolute Gasteiger partial charge is 0.0234 e. The molecule has 0 aliphatic rings. The van der Waals surface area contributed by atoms with Crippen LogP contribution in [-0.4, -0.2) is 79.5 Å². The predicted octanol–water partition coefficient (Wildman–Crippen LogP) is 5.76. The van der Waals surface area contributed by atoms with E-state index in [0.717, 1.165) is 34.5 Å². The van der Waals surface area contributed by atoms with E-state index in [1.807, 2.05) is 45.1 Å². The summed E-state index contributed by atoms with van der Waals surface area (Å²) in [5.41, 5.74) is 0. The van der Waals surface area contributed by atoms with Gasteiger partial charge in [0.05, 0.1) is 0 Å². The molecule has 10 heteroatoms. The van der Waals surface area contributed by atoms with Crippen molar-refractivity contribution in [1.29, 1.82) is 0 Å². The average molecular weight is 519 g/mol. The molecule has 0 aromatic heterocycles. The van der Waals surface area contributed by atoms with Gasteiger partial charge < -0.3 is 0 Å². The van der Waals surface area contributed by atoms with Crippen LogP contribution in [0.25, 0.3) is 0 Å². The van der Waals surface area contributed by atoms with Gasteiger partial charge in [0, 0.05) is 68.0 Å². The van der Waals surface area contributed by atoms with Crippen LogP contribution in [0.5, 0.6) is 0 Å². The van der Waals surface area contributed by atoms with E-state index in [1.54, 1.807) is 0 Å². The Morgan fingerprint density at radius 3 is 1.29 bits per heavy atom. The largest absolute Gasteiger partial charge is 0.179 e. The Morgan fingerprint density at radius 1 is 0.542 bits per heavy atom. The monoisotopic (exact) mass is 518 g/mol. The number of thiol groups is 4. The maximum atomic E-state index is 4.51. The highest BCUT2D eigenvalue weighted by Crippen LogP contribution is 2.30. The summed E-state index contributed by atoms with van der Waals surface area (Å²) in [6.45, 7) is 0. The summed E-state index contributed by atoms with van der Waals surface area (Å²) < 4.78 is 0. The van der Waals surface area contributed by atoms with Crippen molar-refractivity contribution in [2.75, 3.05) is 69.0 Å². The van der Waals surface area contributed by atoms with Crippen LogP contribution in [0, 0.1) is 0 Å².